The van der Waals surface area contributed by atoms with E-state index in [1.807, 2.05) is 38.1 Å². The van der Waals surface area contributed by atoms with Gasteiger partial charge >= 0.3 is 5.97 Å². The Morgan fingerprint density at radius 2 is 2.11 bits per heavy atom. The number of benzene rings is 1. The van der Waals surface area contributed by atoms with Gasteiger partial charge in [0.2, 0.25) is 0 Å². The number of fused-ring (bicyclic) bond motifs is 1. The van der Waals surface area contributed by atoms with Crippen LogP contribution in [0.2, 0.25) is 0 Å². The van der Waals surface area contributed by atoms with E-state index in [0.29, 0.717) is 0 Å². The van der Waals surface area contributed by atoms with Crippen molar-refractivity contribution >= 4 is 16.9 Å². The van der Waals surface area contributed by atoms with Gasteiger partial charge in [-0.2, -0.15) is 0 Å². The standard InChI is InChI=1S/C15H17NO2/c1-15(2,10-14(17)18)9-11-5-6-13-12(8-11)4-3-7-16-13/h3-8H,9-10H2,1-2H3,(H,17,18). The number of carboxylic acid groups (broad SMARTS) is 1. The third kappa shape index (κ3) is 3.06. The number of carbonyl (C=O) groups is 1. The van der Waals surface area contributed by atoms with Crippen LogP contribution >= 0.6 is 0 Å². The van der Waals surface area contributed by atoms with Crippen LogP contribution in [-0.4, -0.2) is 16.1 Å². The van der Waals surface area contributed by atoms with Gasteiger partial charge in [0.25, 0.3) is 0 Å². The predicted octanol–water partition coefficient (Wildman–Crippen LogP) is 3.28. The average Bonchev–Trinajstić information content (AvgIpc) is 2.26. The summed E-state index contributed by atoms with van der Waals surface area (Å²) in [6, 6.07) is 10.0. The third-order valence-corrected chi connectivity index (χ3v) is 2.98. The van der Waals surface area contributed by atoms with E-state index in [0.717, 1.165) is 22.9 Å². The largest absolute Gasteiger partial charge is 0.481 e. The molecule has 1 aromatic carbocycles. The lowest BCUT2D eigenvalue weighted by molar-refractivity contribution is -0.139. The van der Waals surface area contributed by atoms with Crippen LogP contribution < -0.4 is 0 Å². The van der Waals surface area contributed by atoms with Crippen LogP contribution in [0.4, 0.5) is 0 Å². The van der Waals surface area contributed by atoms with Gasteiger partial charge in [-0.3, -0.25) is 9.78 Å². The van der Waals surface area contributed by atoms with Crippen LogP contribution in [0.15, 0.2) is 36.5 Å². The van der Waals surface area contributed by atoms with E-state index in [9.17, 15) is 4.79 Å². The van der Waals surface area contributed by atoms with E-state index < -0.39 is 5.97 Å². The van der Waals surface area contributed by atoms with Crippen LogP contribution in [0.3, 0.4) is 0 Å². The SMILES string of the molecule is CC(C)(CC(=O)O)Cc1ccc2ncccc2c1. The molecule has 0 amide bonds. The fourth-order valence-electron chi connectivity index (χ4n) is 2.26. The molecule has 0 bridgehead atoms. The fraction of sp³-hybridized carbons (Fsp3) is 0.333. The van der Waals surface area contributed by atoms with Crippen molar-refractivity contribution < 1.29 is 9.90 Å². The first-order valence-corrected chi connectivity index (χ1v) is 6.02. The fourth-order valence-corrected chi connectivity index (χ4v) is 2.26. The topological polar surface area (TPSA) is 50.2 Å². The van der Waals surface area contributed by atoms with Crippen LogP contribution in [0.1, 0.15) is 25.8 Å². The van der Waals surface area contributed by atoms with Gasteiger partial charge in [0.05, 0.1) is 11.9 Å². The Hall–Kier alpha value is -1.90. The molecule has 0 unspecified atom stereocenters. The number of nitrogens with zero attached hydrogens (tertiary/aromatic N) is 1. The van der Waals surface area contributed by atoms with Gasteiger partial charge in [-0.05, 0) is 35.6 Å². The molecule has 0 spiro atoms. The molecule has 3 heteroatoms. The highest BCUT2D eigenvalue weighted by Gasteiger charge is 2.22. The van der Waals surface area contributed by atoms with Crippen molar-refractivity contribution in [1.29, 1.82) is 0 Å². The lowest BCUT2D eigenvalue weighted by Gasteiger charge is -2.22. The van der Waals surface area contributed by atoms with Gasteiger partial charge in [0, 0.05) is 11.6 Å². The van der Waals surface area contributed by atoms with Crippen molar-refractivity contribution in [2.75, 3.05) is 0 Å². The molecule has 18 heavy (non-hydrogen) atoms. The molecule has 0 aliphatic carbocycles. The number of pyridine rings is 1. The summed E-state index contributed by atoms with van der Waals surface area (Å²) in [4.78, 5) is 15.1. The summed E-state index contributed by atoms with van der Waals surface area (Å²) in [5.74, 6) is -0.748. The van der Waals surface area contributed by atoms with Gasteiger partial charge in [0.15, 0.2) is 0 Å². The minimum absolute atomic E-state index is 0.179. The lowest BCUT2D eigenvalue weighted by atomic mass is 9.82. The van der Waals surface area contributed by atoms with Crippen molar-refractivity contribution in [3.05, 3.63) is 42.1 Å². The number of rotatable bonds is 4. The third-order valence-electron chi connectivity index (χ3n) is 2.98. The second-order valence-corrected chi connectivity index (χ2v) is 5.44. The zero-order valence-corrected chi connectivity index (χ0v) is 10.7. The highest BCUT2D eigenvalue weighted by molar-refractivity contribution is 5.79. The zero-order chi connectivity index (χ0) is 13.2. The first-order chi connectivity index (χ1) is 8.46. The lowest BCUT2D eigenvalue weighted by Crippen LogP contribution is -2.19. The molecule has 2 aromatic rings. The molecular formula is C15H17NO2. The van der Waals surface area contributed by atoms with E-state index in [4.69, 9.17) is 5.11 Å². The summed E-state index contributed by atoms with van der Waals surface area (Å²) < 4.78 is 0. The summed E-state index contributed by atoms with van der Waals surface area (Å²) in [6.45, 7) is 3.96. The van der Waals surface area contributed by atoms with Crippen molar-refractivity contribution in [1.82, 2.24) is 4.98 Å². The number of hydrogen-bond donors (Lipinski definition) is 1. The maximum absolute atomic E-state index is 10.8. The number of carboxylic acids is 1. The number of aliphatic carboxylic acids is 1. The Labute approximate surface area is 106 Å². The van der Waals surface area contributed by atoms with Gasteiger partial charge in [-0.1, -0.05) is 26.0 Å². The van der Waals surface area contributed by atoms with Crippen LogP contribution in [0, 0.1) is 5.41 Å². The summed E-state index contributed by atoms with van der Waals surface area (Å²) in [5.41, 5.74) is 1.89. The quantitative estimate of drug-likeness (QED) is 0.896. The zero-order valence-electron chi connectivity index (χ0n) is 10.7. The van der Waals surface area contributed by atoms with Crippen molar-refractivity contribution in [3.63, 3.8) is 0 Å². The van der Waals surface area contributed by atoms with Gasteiger partial charge < -0.3 is 5.11 Å². The maximum Gasteiger partial charge on any atom is 0.303 e. The molecule has 0 atom stereocenters. The molecule has 0 saturated heterocycles. The molecule has 3 nitrogen and oxygen atoms in total. The van der Waals surface area contributed by atoms with Gasteiger partial charge in [-0.15, -0.1) is 0 Å². The Balaban J connectivity index is 2.24. The number of hydrogen-bond acceptors (Lipinski definition) is 2. The molecule has 1 aromatic heterocycles. The van der Waals surface area contributed by atoms with Crippen molar-refractivity contribution in [3.8, 4) is 0 Å². The molecule has 1 N–H and O–H groups in total. The van der Waals surface area contributed by atoms with Gasteiger partial charge in [-0.25, -0.2) is 0 Å². The molecule has 0 aliphatic rings. The average molecular weight is 243 g/mol. The molecule has 94 valence electrons. The monoisotopic (exact) mass is 243 g/mol. The molecule has 0 radical (unpaired) electrons. The van der Waals surface area contributed by atoms with E-state index >= 15 is 0 Å². The molecule has 1 heterocycles. The number of aromatic nitrogens is 1. The second-order valence-electron chi connectivity index (χ2n) is 5.44. The van der Waals surface area contributed by atoms with E-state index in [2.05, 4.69) is 11.1 Å². The summed E-state index contributed by atoms with van der Waals surface area (Å²) in [5, 5.41) is 9.99. The normalized spacial score (nSPS) is 11.7. The molecule has 0 fully saturated rings. The smallest absolute Gasteiger partial charge is 0.303 e. The van der Waals surface area contributed by atoms with Crippen LogP contribution in [0.5, 0.6) is 0 Å². The first kappa shape index (κ1) is 12.6. The summed E-state index contributed by atoms with van der Waals surface area (Å²) in [7, 11) is 0. The minimum atomic E-state index is -0.748. The maximum atomic E-state index is 10.8. The Morgan fingerprint density at radius 1 is 1.33 bits per heavy atom. The Morgan fingerprint density at radius 3 is 2.83 bits per heavy atom. The minimum Gasteiger partial charge on any atom is -0.481 e. The highest BCUT2D eigenvalue weighted by atomic mass is 16.4. The summed E-state index contributed by atoms with van der Waals surface area (Å²) >= 11 is 0. The molecule has 0 aliphatic heterocycles. The van der Waals surface area contributed by atoms with Crippen molar-refractivity contribution in [2.24, 2.45) is 5.41 Å². The highest BCUT2D eigenvalue weighted by Crippen LogP contribution is 2.27. The first-order valence-electron chi connectivity index (χ1n) is 6.02. The van der Waals surface area contributed by atoms with E-state index in [1.54, 1.807) is 6.20 Å². The van der Waals surface area contributed by atoms with E-state index in [1.165, 1.54) is 0 Å². The van der Waals surface area contributed by atoms with Gasteiger partial charge in [0.1, 0.15) is 0 Å². The Kier molecular flexibility index (Phi) is 3.32. The summed E-state index contributed by atoms with van der Waals surface area (Å²) in [6.07, 6.45) is 2.71. The van der Waals surface area contributed by atoms with Crippen LogP contribution in [-0.2, 0) is 11.2 Å². The van der Waals surface area contributed by atoms with E-state index in [-0.39, 0.29) is 11.8 Å². The Bertz CT molecular complexity index is 575. The predicted molar refractivity (Wildman–Crippen MR) is 71.5 cm³/mol. The molecule has 0 saturated carbocycles. The van der Waals surface area contributed by atoms with Crippen molar-refractivity contribution in [2.45, 2.75) is 26.7 Å². The molecular weight excluding hydrogens is 226 g/mol. The second kappa shape index (κ2) is 4.77. The van der Waals surface area contributed by atoms with Crippen LogP contribution in [0.25, 0.3) is 10.9 Å². The molecule has 2 rings (SSSR count).